The van der Waals surface area contributed by atoms with Gasteiger partial charge in [-0.15, -0.1) is 11.3 Å². The zero-order valence-corrected chi connectivity index (χ0v) is 11.7. The lowest BCUT2D eigenvalue weighted by Gasteiger charge is -2.21. The SMILES string of the molecule is N#Cc1cc2c([nH]c1=O)CCC(C(=O)c1cccs1)C2=O. The van der Waals surface area contributed by atoms with Crippen LogP contribution in [0.25, 0.3) is 0 Å². The summed E-state index contributed by atoms with van der Waals surface area (Å²) in [6, 6.07) is 6.52. The molecule has 104 valence electrons. The number of nitriles is 1. The van der Waals surface area contributed by atoms with Crippen LogP contribution in [-0.4, -0.2) is 16.6 Å². The van der Waals surface area contributed by atoms with E-state index in [1.165, 1.54) is 17.4 Å². The Morgan fingerprint density at radius 3 is 2.90 bits per heavy atom. The molecule has 1 unspecified atom stereocenters. The van der Waals surface area contributed by atoms with E-state index in [1.54, 1.807) is 23.6 Å². The fraction of sp³-hybridized carbons (Fsp3) is 0.200. The highest BCUT2D eigenvalue weighted by atomic mass is 32.1. The smallest absolute Gasteiger partial charge is 0.266 e. The number of aromatic amines is 1. The highest BCUT2D eigenvalue weighted by Gasteiger charge is 2.34. The summed E-state index contributed by atoms with van der Waals surface area (Å²) >= 11 is 1.31. The molecule has 0 spiro atoms. The molecule has 2 aromatic rings. The molecule has 6 heteroatoms. The van der Waals surface area contributed by atoms with Crippen LogP contribution in [0.1, 0.15) is 37.7 Å². The Hall–Kier alpha value is -2.52. The number of H-pyrrole nitrogens is 1. The van der Waals surface area contributed by atoms with Crippen molar-refractivity contribution < 1.29 is 9.59 Å². The third-order valence-corrected chi connectivity index (χ3v) is 4.47. The zero-order chi connectivity index (χ0) is 15.0. The molecule has 2 heterocycles. The second-order valence-corrected chi connectivity index (χ2v) is 5.76. The van der Waals surface area contributed by atoms with Crippen LogP contribution in [0.2, 0.25) is 0 Å². The summed E-state index contributed by atoms with van der Waals surface area (Å²) in [6.45, 7) is 0. The summed E-state index contributed by atoms with van der Waals surface area (Å²) in [4.78, 5) is 39.5. The molecule has 1 aliphatic rings. The van der Waals surface area contributed by atoms with Gasteiger partial charge in [-0.1, -0.05) is 6.07 Å². The highest BCUT2D eigenvalue weighted by Crippen LogP contribution is 2.28. The number of nitrogens with zero attached hydrogens (tertiary/aromatic N) is 1. The molecule has 0 bridgehead atoms. The second-order valence-electron chi connectivity index (χ2n) is 4.81. The third-order valence-electron chi connectivity index (χ3n) is 3.59. The van der Waals surface area contributed by atoms with Crippen LogP contribution in [0.15, 0.2) is 28.4 Å². The summed E-state index contributed by atoms with van der Waals surface area (Å²) < 4.78 is 0. The molecule has 3 rings (SSSR count). The monoisotopic (exact) mass is 298 g/mol. The summed E-state index contributed by atoms with van der Waals surface area (Å²) in [5, 5.41) is 10.7. The molecule has 0 aliphatic heterocycles. The fourth-order valence-electron chi connectivity index (χ4n) is 2.52. The van der Waals surface area contributed by atoms with Gasteiger partial charge in [-0.2, -0.15) is 5.26 Å². The number of thiophene rings is 1. The molecular formula is C15H10N2O3S. The van der Waals surface area contributed by atoms with Crippen LogP contribution in [-0.2, 0) is 6.42 Å². The molecular weight excluding hydrogens is 288 g/mol. The molecule has 2 aromatic heterocycles. The highest BCUT2D eigenvalue weighted by molar-refractivity contribution is 7.12. The van der Waals surface area contributed by atoms with E-state index < -0.39 is 11.5 Å². The minimum absolute atomic E-state index is 0.105. The Labute approximate surface area is 123 Å². The van der Waals surface area contributed by atoms with Gasteiger partial charge in [0.2, 0.25) is 0 Å². The summed E-state index contributed by atoms with van der Waals surface area (Å²) in [5.41, 5.74) is 0.199. The number of aromatic nitrogens is 1. The molecule has 0 amide bonds. The van der Waals surface area contributed by atoms with Crippen molar-refractivity contribution in [2.75, 3.05) is 0 Å². The maximum absolute atomic E-state index is 12.5. The van der Waals surface area contributed by atoms with Crippen LogP contribution >= 0.6 is 11.3 Å². The zero-order valence-electron chi connectivity index (χ0n) is 10.9. The van der Waals surface area contributed by atoms with Gasteiger partial charge >= 0.3 is 0 Å². The van der Waals surface area contributed by atoms with Gasteiger partial charge in [0.25, 0.3) is 5.56 Å². The summed E-state index contributed by atoms with van der Waals surface area (Å²) in [7, 11) is 0. The van der Waals surface area contributed by atoms with Gasteiger partial charge in [-0.3, -0.25) is 14.4 Å². The van der Waals surface area contributed by atoms with Gasteiger partial charge in [0, 0.05) is 11.3 Å². The molecule has 0 saturated heterocycles. The molecule has 21 heavy (non-hydrogen) atoms. The van der Waals surface area contributed by atoms with Crippen molar-refractivity contribution in [3.05, 3.63) is 55.6 Å². The van der Waals surface area contributed by atoms with E-state index >= 15 is 0 Å². The Bertz CT molecular complexity index is 828. The number of aryl methyl sites for hydroxylation is 1. The van der Waals surface area contributed by atoms with Gasteiger partial charge in [0.05, 0.1) is 10.8 Å². The number of carbonyl (C=O) groups excluding carboxylic acids is 2. The van der Waals surface area contributed by atoms with E-state index in [1.807, 2.05) is 0 Å². The lowest BCUT2D eigenvalue weighted by molar-refractivity contribution is 0.0792. The summed E-state index contributed by atoms with van der Waals surface area (Å²) in [6.07, 6.45) is 0.828. The normalized spacial score (nSPS) is 17.1. The van der Waals surface area contributed by atoms with E-state index in [4.69, 9.17) is 5.26 Å². The van der Waals surface area contributed by atoms with Gasteiger partial charge in [-0.05, 0) is 30.4 Å². The van der Waals surface area contributed by atoms with Crippen molar-refractivity contribution in [2.45, 2.75) is 12.8 Å². The number of ketones is 2. The standard InChI is InChI=1S/C15H10N2O3S/c16-7-8-6-10-11(17-15(8)20)4-3-9(13(10)18)14(19)12-2-1-5-21-12/h1-2,5-6,9H,3-4H2,(H,17,20). The van der Waals surface area contributed by atoms with Crippen LogP contribution in [0.4, 0.5) is 0 Å². The first-order chi connectivity index (χ1) is 10.1. The number of rotatable bonds is 2. The van der Waals surface area contributed by atoms with E-state index in [-0.39, 0.29) is 22.7 Å². The average Bonchev–Trinajstić information content (AvgIpc) is 3.01. The Kier molecular flexibility index (Phi) is 3.28. The Balaban J connectivity index is 2.01. The van der Waals surface area contributed by atoms with Gasteiger partial charge in [0.15, 0.2) is 11.6 Å². The van der Waals surface area contributed by atoms with Crippen molar-refractivity contribution in [2.24, 2.45) is 5.92 Å². The number of carbonyl (C=O) groups is 2. The largest absolute Gasteiger partial charge is 0.324 e. The quantitative estimate of drug-likeness (QED) is 0.677. The van der Waals surface area contributed by atoms with E-state index in [9.17, 15) is 14.4 Å². The molecule has 0 radical (unpaired) electrons. The van der Waals surface area contributed by atoms with Crippen LogP contribution in [0.3, 0.4) is 0 Å². The topological polar surface area (TPSA) is 90.8 Å². The van der Waals surface area contributed by atoms with Crippen molar-refractivity contribution in [3.8, 4) is 6.07 Å². The predicted octanol–water partition coefficient (Wildman–Crippen LogP) is 1.94. The van der Waals surface area contributed by atoms with Gasteiger partial charge in [0.1, 0.15) is 11.6 Å². The molecule has 0 aromatic carbocycles. The molecule has 1 aliphatic carbocycles. The van der Waals surface area contributed by atoms with Crippen LogP contribution < -0.4 is 5.56 Å². The number of nitrogens with one attached hydrogen (secondary N) is 1. The summed E-state index contributed by atoms with van der Waals surface area (Å²) in [5.74, 6) is -1.23. The van der Waals surface area contributed by atoms with E-state index in [2.05, 4.69) is 4.98 Å². The lowest BCUT2D eigenvalue weighted by Crippen LogP contribution is -2.31. The van der Waals surface area contributed by atoms with E-state index in [0.29, 0.717) is 23.4 Å². The minimum atomic E-state index is -0.728. The Morgan fingerprint density at radius 1 is 1.43 bits per heavy atom. The molecule has 0 fully saturated rings. The minimum Gasteiger partial charge on any atom is -0.324 e. The van der Waals surface area contributed by atoms with Crippen LogP contribution in [0.5, 0.6) is 0 Å². The van der Waals surface area contributed by atoms with Crippen molar-refractivity contribution in [1.29, 1.82) is 5.26 Å². The lowest BCUT2D eigenvalue weighted by atomic mass is 9.82. The maximum Gasteiger partial charge on any atom is 0.266 e. The average molecular weight is 298 g/mol. The van der Waals surface area contributed by atoms with Crippen molar-refractivity contribution in [1.82, 2.24) is 4.98 Å². The molecule has 1 atom stereocenters. The van der Waals surface area contributed by atoms with Gasteiger partial charge in [-0.25, -0.2) is 0 Å². The number of pyridine rings is 1. The van der Waals surface area contributed by atoms with Crippen molar-refractivity contribution in [3.63, 3.8) is 0 Å². The van der Waals surface area contributed by atoms with Crippen LogP contribution in [0, 0.1) is 17.2 Å². The molecule has 5 nitrogen and oxygen atoms in total. The first kappa shape index (κ1) is 13.5. The first-order valence-corrected chi connectivity index (χ1v) is 7.28. The first-order valence-electron chi connectivity index (χ1n) is 6.40. The number of Topliss-reactive ketones (excluding diaryl/α,β-unsaturated/α-hetero) is 2. The van der Waals surface area contributed by atoms with E-state index in [0.717, 1.165) is 0 Å². The number of hydrogen-bond donors (Lipinski definition) is 1. The predicted molar refractivity (Wildman–Crippen MR) is 76.6 cm³/mol. The molecule has 1 N–H and O–H groups in total. The number of hydrogen-bond acceptors (Lipinski definition) is 5. The fourth-order valence-corrected chi connectivity index (χ4v) is 3.24. The molecule has 0 saturated carbocycles. The Morgan fingerprint density at radius 2 is 2.24 bits per heavy atom. The van der Waals surface area contributed by atoms with Crippen molar-refractivity contribution >= 4 is 22.9 Å². The maximum atomic E-state index is 12.5. The van der Waals surface area contributed by atoms with Gasteiger partial charge < -0.3 is 4.98 Å². The second kappa shape index (κ2) is 5.11. The third kappa shape index (κ3) is 2.22. The number of fused-ring (bicyclic) bond motifs is 1.